The maximum Gasteiger partial charge on any atom is 0.335 e. The lowest BCUT2D eigenvalue weighted by molar-refractivity contribution is -0.138. The van der Waals surface area contributed by atoms with Gasteiger partial charge in [-0.3, -0.25) is 4.79 Å². The Bertz CT molecular complexity index is 1060. The highest BCUT2D eigenvalue weighted by Crippen LogP contribution is 2.47. The highest BCUT2D eigenvalue weighted by molar-refractivity contribution is 8.03. The number of esters is 1. The molecule has 0 aromatic heterocycles. The van der Waals surface area contributed by atoms with E-state index in [1.165, 1.54) is 10.6 Å². The average molecular weight is 454 g/mol. The Morgan fingerprint density at radius 3 is 2.81 bits per heavy atom. The molecule has 0 amide bonds. The summed E-state index contributed by atoms with van der Waals surface area (Å²) in [6, 6.07) is 2.45. The van der Waals surface area contributed by atoms with Crippen LogP contribution in [-0.2, 0) is 20.7 Å². The molecule has 0 radical (unpaired) electrons. The molecule has 3 heterocycles. The topological polar surface area (TPSA) is 75.9 Å². The first kappa shape index (κ1) is 21.4. The van der Waals surface area contributed by atoms with Gasteiger partial charge in [-0.25, -0.2) is 4.79 Å². The molecule has 1 aromatic carbocycles. The van der Waals surface area contributed by atoms with Gasteiger partial charge in [-0.1, -0.05) is 6.92 Å². The minimum atomic E-state index is -0.248. The summed E-state index contributed by atoms with van der Waals surface area (Å²) in [5, 5.41) is 0. The molecular formula is C25H31N3O3S. The largest absolute Gasteiger partial charge is 0.463 e. The molecule has 0 bridgehead atoms. The lowest BCUT2D eigenvalue weighted by Crippen LogP contribution is -2.38. The summed E-state index contributed by atoms with van der Waals surface area (Å²) < 4.78 is 5.28. The molecule has 170 valence electrons. The average Bonchev–Trinajstić information content (AvgIpc) is 3.61. The quantitative estimate of drug-likeness (QED) is 0.546. The van der Waals surface area contributed by atoms with Crippen molar-refractivity contribution in [2.24, 2.45) is 5.92 Å². The summed E-state index contributed by atoms with van der Waals surface area (Å²) in [7, 11) is 0. The van der Waals surface area contributed by atoms with Crippen LogP contribution in [0.3, 0.4) is 0 Å². The van der Waals surface area contributed by atoms with Gasteiger partial charge in [0, 0.05) is 54.7 Å². The second kappa shape index (κ2) is 8.18. The minimum absolute atomic E-state index is 0.0810. The number of Topliss-reactive ketones (excluding diaryl/α,β-unsaturated/α-hetero) is 1. The van der Waals surface area contributed by atoms with Crippen LogP contribution >= 0.6 is 11.8 Å². The number of fused-ring (bicyclic) bond motifs is 1. The van der Waals surface area contributed by atoms with Gasteiger partial charge in [-0.15, -0.1) is 11.8 Å². The first-order valence-electron chi connectivity index (χ1n) is 11.6. The zero-order valence-corrected chi connectivity index (χ0v) is 19.9. The molecule has 7 heteroatoms. The van der Waals surface area contributed by atoms with Crippen LogP contribution in [0.1, 0.15) is 44.2 Å². The van der Waals surface area contributed by atoms with Crippen LogP contribution in [0.5, 0.6) is 0 Å². The molecule has 32 heavy (non-hydrogen) atoms. The fourth-order valence-corrected chi connectivity index (χ4v) is 6.37. The summed E-state index contributed by atoms with van der Waals surface area (Å²) in [4.78, 5) is 31.1. The molecule has 1 aliphatic carbocycles. The molecule has 1 saturated carbocycles. The standard InChI is InChI=1S/C25H31N3O3S/c1-4-31-25(30)17-9-16-10-20(26)23(15(3)22(16)28(11-17)18-5-6-18)27-8-7-21-19(12-27)24(29)14(2)13-32-21/h10-11,14,18H,4-9,12-13,26H2,1-3H3. The van der Waals surface area contributed by atoms with E-state index in [1.54, 1.807) is 0 Å². The Labute approximate surface area is 193 Å². The zero-order valence-electron chi connectivity index (χ0n) is 19.1. The van der Waals surface area contributed by atoms with E-state index in [1.807, 2.05) is 37.9 Å². The van der Waals surface area contributed by atoms with Crippen molar-refractivity contribution in [3.8, 4) is 0 Å². The van der Waals surface area contributed by atoms with Gasteiger partial charge < -0.3 is 20.3 Å². The van der Waals surface area contributed by atoms with Gasteiger partial charge in [-0.05, 0) is 55.2 Å². The number of nitrogens with two attached hydrogens (primary N) is 1. The van der Waals surface area contributed by atoms with E-state index in [0.717, 1.165) is 59.6 Å². The molecular weight excluding hydrogens is 422 g/mol. The van der Waals surface area contributed by atoms with Crippen LogP contribution in [0.25, 0.3) is 0 Å². The fourth-order valence-electron chi connectivity index (χ4n) is 5.19. The normalized spacial score (nSPS) is 23.0. The summed E-state index contributed by atoms with van der Waals surface area (Å²) in [6.45, 7) is 7.85. The van der Waals surface area contributed by atoms with Crippen molar-refractivity contribution in [2.45, 2.75) is 52.5 Å². The van der Waals surface area contributed by atoms with E-state index in [-0.39, 0.29) is 11.9 Å². The third-order valence-electron chi connectivity index (χ3n) is 6.89. The molecule has 0 saturated heterocycles. The zero-order chi connectivity index (χ0) is 22.6. The third kappa shape index (κ3) is 3.60. The Balaban J connectivity index is 1.52. The number of benzene rings is 1. The number of rotatable bonds is 4. The number of hydrogen-bond donors (Lipinski definition) is 1. The number of thioether (sulfide) groups is 1. The molecule has 1 atom stereocenters. The maximum absolute atomic E-state index is 12.9. The van der Waals surface area contributed by atoms with E-state index in [4.69, 9.17) is 10.5 Å². The van der Waals surface area contributed by atoms with Crippen LogP contribution in [-0.4, -0.2) is 43.2 Å². The first-order chi connectivity index (χ1) is 15.4. The van der Waals surface area contributed by atoms with E-state index in [2.05, 4.69) is 16.7 Å². The van der Waals surface area contributed by atoms with Crippen LogP contribution < -0.4 is 15.5 Å². The van der Waals surface area contributed by atoms with Crippen LogP contribution in [0.2, 0.25) is 0 Å². The van der Waals surface area contributed by atoms with Gasteiger partial charge in [0.05, 0.1) is 23.6 Å². The van der Waals surface area contributed by atoms with E-state index in [0.29, 0.717) is 37.0 Å². The molecule has 5 rings (SSSR count). The third-order valence-corrected chi connectivity index (χ3v) is 8.36. The SMILES string of the molecule is CCOC(=O)C1=CN(C2CC2)c2c(cc(N)c(N3CCC4=C(C3)C(=O)C(C)CS4)c2C)C1. The predicted octanol–water partition coefficient (Wildman–Crippen LogP) is 3.97. The van der Waals surface area contributed by atoms with Crippen molar-refractivity contribution < 1.29 is 14.3 Å². The van der Waals surface area contributed by atoms with Crippen molar-refractivity contribution in [1.82, 2.24) is 0 Å². The molecule has 6 nitrogen and oxygen atoms in total. The highest BCUT2D eigenvalue weighted by atomic mass is 32.2. The molecule has 0 spiro atoms. The van der Waals surface area contributed by atoms with Crippen LogP contribution in [0.4, 0.5) is 17.1 Å². The number of ether oxygens (including phenoxy) is 1. The summed E-state index contributed by atoms with van der Waals surface area (Å²) in [5.74, 6) is 1.02. The molecule has 1 aromatic rings. The van der Waals surface area contributed by atoms with E-state index >= 15 is 0 Å². The van der Waals surface area contributed by atoms with Crippen molar-refractivity contribution in [1.29, 1.82) is 0 Å². The number of ketones is 1. The second-order valence-electron chi connectivity index (χ2n) is 9.29. The van der Waals surface area contributed by atoms with Gasteiger partial charge in [-0.2, -0.15) is 0 Å². The van der Waals surface area contributed by atoms with Gasteiger partial charge in [0.1, 0.15) is 0 Å². The lowest BCUT2D eigenvalue weighted by atomic mass is 9.92. The van der Waals surface area contributed by atoms with Gasteiger partial charge in [0.2, 0.25) is 0 Å². The predicted molar refractivity (Wildman–Crippen MR) is 130 cm³/mol. The van der Waals surface area contributed by atoms with Gasteiger partial charge >= 0.3 is 5.97 Å². The maximum atomic E-state index is 12.9. The van der Waals surface area contributed by atoms with Gasteiger partial charge in [0.25, 0.3) is 0 Å². The van der Waals surface area contributed by atoms with Gasteiger partial charge in [0.15, 0.2) is 5.78 Å². The first-order valence-corrected chi connectivity index (χ1v) is 12.6. The number of carbonyl (C=O) groups excluding carboxylic acids is 2. The van der Waals surface area contributed by atoms with Crippen molar-refractivity contribution in [3.63, 3.8) is 0 Å². The summed E-state index contributed by atoms with van der Waals surface area (Å²) in [6.07, 6.45) is 5.66. The lowest BCUT2D eigenvalue weighted by Gasteiger charge is -2.38. The molecule has 1 fully saturated rings. The van der Waals surface area contributed by atoms with Crippen molar-refractivity contribution in [2.75, 3.05) is 41.0 Å². The Hall–Kier alpha value is -2.41. The second-order valence-corrected chi connectivity index (χ2v) is 10.4. The number of nitrogens with zero attached hydrogens (tertiary/aromatic N) is 2. The molecule has 1 unspecified atom stereocenters. The number of anilines is 3. The monoisotopic (exact) mass is 453 g/mol. The van der Waals surface area contributed by atoms with Crippen molar-refractivity contribution >= 4 is 40.6 Å². The van der Waals surface area contributed by atoms with Crippen LogP contribution in [0.15, 0.2) is 28.3 Å². The molecule has 3 aliphatic heterocycles. The Morgan fingerprint density at radius 2 is 2.09 bits per heavy atom. The number of nitrogen functional groups attached to an aromatic ring is 1. The smallest absolute Gasteiger partial charge is 0.335 e. The molecule has 2 N–H and O–H groups in total. The van der Waals surface area contributed by atoms with E-state index < -0.39 is 0 Å². The number of carbonyl (C=O) groups is 2. The fraction of sp³-hybridized carbons (Fsp3) is 0.520. The Morgan fingerprint density at radius 1 is 1.31 bits per heavy atom. The molecule has 4 aliphatic rings. The Kier molecular flexibility index (Phi) is 5.48. The number of hydrogen-bond acceptors (Lipinski definition) is 7. The minimum Gasteiger partial charge on any atom is -0.463 e. The summed E-state index contributed by atoms with van der Waals surface area (Å²) in [5.41, 5.74) is 13.4. The van der Waals surface area contributed by atoms with Crippen molar-refractivity contribution in [3.05, 3.63) is 39.4 Å². The van der Waals surface area contributed by atoms with E-state index in [9.17, 15) is 9.59 Å². The summed E-state index contributed by atoms with van der Waals surface area (Å²) >= 11 is 1.85. The van der Waals surface area contributed by atoms with Crippen LogP contribution in [0, 0.1) is 12.8 Å². The highest BCUT2D eigenvalue weighted by Gasteiger charge is 2.37.